The summed E-state index contributed by atoms with van der Waals surface area (Å²) in [4.78, 5) is 11.7. The van der Waals surface area contributed by atoms with Gasteiger partial charge in [0, 0.05) is 47.9 Å². The lowest BCUT2D eigenvalue weighted by molar-refractivity contribution is 0.269. The van der Waals surface area contributed by atoms with Crippen molar-refractivity contribution in [3.8, 4) is 22.8 Å². The molecule has 0 radical (unpaired) electrons. The number of hydrogen-bond donors (Lipinski definition) is 1. The fraction of sp³-hybridized carbons (Fsp3) is 0.320. The van der Waals surface area contributed by atoms with Crippen LogP contribution in [0.1, 0.15) is 19.8 Å². The summed E-state index contributed by atoms with van der Waals surface area (Å²) < 4.78 is 12.7. The molecule has 0 aliphatic heterocycles. The Labute approximate surface area is 193 Å². The summed E-state index contributed by atoms with van der Waals surface area (Å²) in [6.45, 7) is 3.51. The van der Waals surface area contributed by atoms with Gasteiger partial charge in [-0.25, -0.2) is 4.98 Å². The van der Waals surface area contributed by atoms with Gasteiger partial charge in [0.2, 0.25) is 0 Å². The molecule has 0 aliphatic carbocycles. The molecule has 0 fully saturated rings. The largest absolute Gasteiger partial charge is 0.497 e. The first-order chi connectivity index (χ1) is 16.1. The number of rotatable bonds is 10. The van der Waals surface area contributed by atoms with Gasteiger partial charge in [0.1, 0.15) is 11.5 Å². The second-order valence-corrected chi connectivity index (χ2v) is 7.72. The van der Waals surface area contributed by atoms with Crippen LogP contribution in [-0.2, 0) is 6.54 Å². The zero-order valence-corrected chi connectivity index (χ0v) is 19.2. The zero-order valence-electron chi connectivity index (χ0n) is 19.2. The number of ether oxygens (including phenoxy) is 2. The predicted molar refractivity (Wildman–Crippen MR) is 129 cm³/mol. The molecule has 0 saturated heterocycles. The lowest BCUT2D eigenvalue weighted by Crippen LogP contribution is -2.18. The van der Waals surface area contributed by atoms with E-state index in [2.05, 4.69) is 34.0 Å². The molecule has 0 amide bonds. The molecule has 0 atom stereocenters. The third kappa shape index (κ3) is 5.06. The third-order valence-electron chi connectivity index (χ3n) is 5.48. The van der Waals surface area contributed by atoms with Crippen molar-refractivity contribution in [3.63, 3.8) is 0 Å². The van der Waals surface area contributed by atoms with Gasteiger partial charge in [0.05, 0.1) is 56.5 Å². The first kappa shape index (κ1) is 22.5. The Hall–Kier alpha value is -3.65. The van der Waals surface area contributed by atoms with E-state index in [0.29, 0.717) is 6.54 Å². The van der Waals surface area contributed by atoms with Crippen LogP contribution in [0.3, 0.4) is 0 Å². The monoisotopic (exact) mass is 447 g/mol. The Bertz CT molecular complexity index is 1200. The molecule has 2 aromatic heterocycles. The van der Waals surface area contributed by atoms with Crippen LogP contribution in [0.5, 0.6) is 11.5 Å². The maximum atomic E-state index is 9.14. The van der Waals surface area contributed by atoms with E-state index >= 15 is 0 Å². The highest BCUT2D eigenvalue weighted by atomic mass is 16.5. The lowest BCUT2D eigenvalue weighted by Gasteiger charge is -2.26. The Kier molecular flexibility index (Phi) is 7.04. The molecular formula is C25H29N5O3. The smallest absolute Gasteiger partial charge is 0.124 e. The molecule has 172 valence electrons. The number of benzene rings is 2. The number of unbranched alkanes of at least 4 members (excludes halogenated alkanes) is 1. The molecule has 2 heterocycles. The molecule has 0 bridgehead atoms. The van der Waals surface area contributed by atoms with Crippen molar-refractivity contribution in [3.05, 3.63) is 55.0 Å². The highest BCUT2D eigenvalue weighted by Gasteiger charge is 2.14. The number of methoxy groups -OCH3 is 2. The van der Waals surface area contributed by atoms with Crippen molar-refractivity contribution in [1.82, 2.24) is 19.7 Å². The summed E-state index contributed by atoms with van der Waals surface area (Å²) >= 11 is 0. The van der Waals surface area contributed by atoms with Crippen LogP contribution in [0.25, 0.3) is 22.3 Å². The first-order valence-corrected chi connectivity index (χ1v) is 11.1. The standard InChI is InChI=1S/C25H29N5O3/c1-4-5-8-30(20-11-21(32-2)14-22(12-20)33-3)19-6-7-23-24(13-19)28-25(16-26-23)18-15-27-29(17-18)9-10-31/h6-7,11-17,31H,4-5,8-10H2,1-3H3. The van der Waals surface area contributed by atoms with E-state index in [4.69, 9.17) is 19.6 Å². The van der Waals surface area contributed by atoms with Crippen LogP contribution in [0.4, 0.5) is 11.4 Å². The van der Waals surface area contributed by atoms with Crippen LogP contribution in [0.15, 0.2) is 55.0 Å². The molecular weight excluding hydrogens is 418 g/mol. The minimum Gasteiger partial charge on any atom is -0.497 e. The fourth-order valence-corrected chi connectivity index (χ4v) is 3.70. The Balaban J connectivity index is 1.74. The van der Waals surface area contributed by atoms with Crippen molar-refractivity contribution < 1.29 is 14.6 Å². The van der Waals surface area contributed by atoms with Crippen molar-refractivity contribution in [2.75, 3.05) is 32.3 Å². The SMILES string of the molecule is CCCCN(c1cc(OC)cc(OC)c1)c1ccc2ncc(-c3cnn(CCO)c3)nc2c1. The Morgan fingerprint density at radius 1 is 0.970 bits per heavy atom. The molecule has 0 saturated carbocycles. The molecule has 1 N–H and O–H groups in total. The van der Waals surface area contributed by atoms with E-state index in [1.807, 2.05) is 30.5 Å². The van der Waals surface area contributed by atoms with Gasteiger partial charge in [0.15, 0.2) is 0 Å². The average molecular weight is 448 g/mol. The second-order valence-electron chi connectivity index (χ2n) is 7.72. The molecule has 33 heavy (non-hydrogen) atoms. The van der Waals surface area contributed by atoms with Gasteiger partial charge in [-0.2, -0.15) is 5.10 Å². The molecule has 2 aromatic carbocycles. The third-order valence-corrected chi connectivity index (χ3v) is 5.48. The fourth-order valence-electron chi connectivity index (χ4n) is 3.70. The lowest BCUT2D eigenvalue weighted by atomic mass is 10.1. The number of aliphatic hydroxyl groups excluding tert-OH is 1. The molecule has 0 aliphatic rings. The maximum Gasteiger partial charge on any atom is 0.124 e. The minimum atomic E-state index is 0.0382. The van der Waals surface area contributed by atoms with E-state index in [9.17, 15) is 0 Å². The molecule has 0 unspecified atom stereocenters. The van der Waals surface area contributed by atoms with Crippen LogP contribution >= 0.6 is 0 Å². The van der Waals surface area contributed by atoms with E-state index < -0.39 is 0 Å². The quantitative estimate of drug-likeness (QED) is 0.385. The highest BCUT2D eigenvalue weighted by molar-refractivity contribution is 5.82. The van der Waals surface area contributed by atoms with Gasteiger partial charge in [-0.1, -0.05) is 13.3 Å². The van der Waals surface area contributed by atoms with Crippen LogP contribution in [0.2, 0.25) is 0 Å². The van der Waals surface area contributed by atoms with E-state index in [-0.39, 0.29) is 6.61 Å². The summed E-state index contributed by atoms with van der Waals surface area (Å²) in [6, 6.07) is 12.0. The van der Waals surface area contributed by atoms with Crippen molar-refractivity contribution in [1.29, 1.82) is 0 Å². The Morgan fingerprint density at radius 2 is 1.76 bits per heavy atom. The van der Waals surface area contributed by atoms with Crippen LogP contribution < -0.4 is 14.4 Å². The second kappa shape index (κ2) is 10.3. The first-order valence-electron chi connectivity index (χ1n) is 11.1. The number of anilines is 2. The molecule has 4 rings (SSSR count). The van der Waals surface area contributed by atoms with Gasteiger partial charge in [0.25, 0.3) is 0 Å². The van der Waals surface area contributed by atoms with E-state index in [0.717, 1.165) is 64.6 Å². The van der Waals surface area contributed by atoms with E-state index in [1.165, 1.54) is 0 Å². The molecule has 8 nitrogen and oxygen atoms in total. The van der Waals surface area contributed by atoms with E-state index in [1.54, 1.807) is 31.3 Å². The molecule has 0 spiro atoms. The van der Waals surface area contributed by atoms with Gasteiger partial charge in [-0.05, 0) is 24.6 Å². The minimum absolute atomic E-state index is 0.0382. The molecule has 4 aromatic rings. The van der Waals surface area contributed by atoms with Gasteiger partial charge in [-0.3, -0.25) is 9.67 Å². The summed E-state index contributed by atoms with van der Waals surface area (Å²) in [5, 5.41) is 13.4. The number of fused-ring (bicyclic) bond motifs is 1. The summed E-state index contributed by atoms with van der Waals surface area (Å²) in [5.74, 6) is 1.49. The summed E-state index contributed by atoms with van der Waals surface area (Å²) in [6.07, 6.45) is 7.47. The van der Waals surface area contributed by atoms with Gasteiger partial charge >= 0.3 is 0 Å². The number of aromatic nitrogens is 4. The Morgan fingerprint density at radius 3 is 2.45 bits per heavy atom. The van der Waals surface area contributed by atoms with Crippen LogP contribution in [0, 0.1) is 0 Å². The topological polar surface area (TPSA) is 85.5 Å². The summed E-state index contributed by atoms with van der Waals surface area (Å²) in [5.41, 5.74) is 5.25. The van der Waals surface area contributed by atoms with Crippen LogP contribution in [-0.4, -0.2) is 52.2 Å². The van der Waals surface area contributed by atoms with Gasteiger partial charge in [-0.15, -0.1) is 0 Å². The maximum absolute atomic E-state index is 9.14. The summed E-state index contributed by atoms with van der Waals surface area (Å²) in [7, 11) is 3.32. The number of nitrogens with zero attached hydrogens (tertiary/aromatic N) is 5. The molecule has 8 heteroatoms. The average Bonchev–Trinajstić information content (AvgIpc) is 3.32. The predicted octanol–water partition coefficient (Wildman–Crippen LogP) is 4.44. The van der Waals surface area contributed by atoms with Gasteiger partial charge < -0.3 is 19.5 Å². The normalized spacial score (nSPS) is 11.0. The number of hydrogen-bond acceptors (Lipinski definition) is 7. The van der Waals surface area contributed by atoms with Crippen molar-refractivity contribution in [2.24, 2.45) is 0 Å². The highest BCUT2D eigenvalue weighted by Crippen LogP contribution is 2.34. The van der Waals surface area contributed by atoms with Crippen molar-refractivity contribution in [2.45, 2.75) is 26.3 Å². The zero-order chi connectivity index (χ0) is 23.2. The van der Waals surface area contributed by atoms with Crippen molar-refractivity contribution >= 4 is 22.4 Å². The number of aliphatic hydroxyl groups is 1.